The van der Waals surface area contributed by atoms with Crippen LogP contribution in [0.3, 0.4) is 0 Å². The normalized spacial score (nSPS) is 11.7. The Morgan fingerprint density at radius 3 is 2.83 bits per heavy atom. The first-order valence-corrected chi connectivity index (χ1v) is 6.74. The highest BCUT2D eigenvalue weighted by molar-refractivity contribution is 5.84. The molecule has 3 heteroatoms. The molecule has 2 aromatic rings. The lowest BCUT2D eigenvalue weighted by Gasteiger charge is -1.97. The predicted octanol–water partition coefficient (Wildman–Crippen LogP) is 3.57. The summed E-state index contributed by atoms with van der Waals surface area (Å²) in [6, 6.07) is 8.17. The van der Waals surface area contributed by atoms with E-state index in [2.05, 4.69) is 27.5 Å². The molecule has 0 radical (unpaired) electrons. The van der Waals surface area contributed by atoms with Crippen molar-refractivity contribution in [3.05, 3.63) is 30.1 Å². The Hall–Kier alpha value is -1.64. The van der Waals surface area contributed by atoms with Crippen molar-refractivity contribution >= 4 is 17.2 Å². The minimum absolute atomic E-state index is 0.906. The Kier molecular flexibility index (Phi) is 4.51. The van der Waals surface area contributed by atoms with E-state index in [0.717, 1.165) is 23.4 Å². The molecule has 0 fully saturated rings. The van der Waals surface area contributed by atoms with Gasteiger partial charge in [0.2, 0.25) is 0 Å². The molecular formula is C15H21N3. The van der Waals surface area contributed by atoms with Crippen molar-refractivity contribution in [1.29, 1.82) is 0 Å². The van der Waals surface area contributed by atoms with Crippen molar-refractivity contribution in [2.24, 2.45) is 12.0 Å². The van der Waals surface area contributed by atoms with Crippen LogP contribution in [0.25, 0.3) is 11.0 Å². The van der Waals surface area contributed by atoms with Crippen molar-refractivity contribution in [1.82, 2.24) is 9.55 Å². The number of para-hydroxylation sites is 2. The molecule has 96 valence electrons. The quantitative estimate of drug-likeness (QED) is 0.563. The van der Waals surface area contributed by atoms with Crippen LogP contribution in [0.15, 0.2) is 29.3 Å². The van der Waals surface area contributed by atoms with Crippen LogP contribution in [0.5, 0.6) is 0 Å². The summed E-state index contributed by atoms with van der Waals surface area (Å²) in [7, 11) is 2.04. The number of aromatic nitrogens is 2. The van der Waals surface area contributed by atoms with E-state index in [0.29, 0.717) is 0 Å². The summed E-state index contributed by atoms with van der Waals surface area (Å²) in [4.78, 5) is 9.02. The maximum atomic E-state index is 4.56. The van der Waals surface area contributed by atoms with Crippen LogP contribution in [0.4, 0.5) is 0 Å². The fraction of sp³-hybridized carbons (Fsp3) is 0.467. The second-order valence-corrected chi connectivity index (χ2v) is 4.61. The summed E-state index contributed by atoms with van der Waals surface area (Å²) in [5.41, 5.74) is 2.19. The minimum Gasteiger partial charge on any atom is -0.326 e. The minimum atomic E-state index is 0.906. The average molecular weight is 243 g/mol. The second-order valence-electron chi connectivity index (χ2n) is 4.61. The molecule has 2 rings (SSSR count). The van der Waals surface area contributed by atoms with Crippen LogP contribution in [0.2, 0.25) is 0 Å². The maximum Gasteiger partial charge on any atom is 0.151 e. The van der Waals surface area contributed by atoms with E-state index < -0.39 is 0 Å². The average Bonchev–Trinajstić information content (AvgIpc) is 2.71. The lowest BCUT2D eigenvalue weighted by Crippen LogP contribution is -1.96. The van der Waals surface area contributed by atoms with E-state index in [4.69, 9.17) is 0 Å². The Bertz CT molecular complexity index is 526. The fourth-order valence-electron chi connectivity index (χ4n) is 2.06. The molecule has 0 N–H and O–H groups in total. The molecule has 0 saturated heterocycles. The Balaban J connectivity index is 1.99. The zero-order valence-electron chi connectivity index (χ0n) is 11.3. The van der Waals surface area contributed by atoms with E-state index in [9.17, 15) is 0 Å². The zero-order valence-corrected chi connectivity index (χ0v) is 11.3. The molecule has 0 aliphatic rings. The molecule has 3 nitrogen and oxygen atoms in total. The molecule has 0 amide bonds. The van der Waals surface area contributed by atoms with Crippen molar-refractivity contribution in [2.45, 2.75) is 32.6 Å². The maximum absolute atomic E-state index is 4.56. The lowest BCUT2D eigenvalue weighted by atomic mass is 10.2. The first kappa shape index (κ1) is 12.8. The van der Waals surface area contributed by atoms with Crippen molar-refractivity contribution in [3.8, 4) is 0 Å². The standard InChI is InChI=1S/C15H21N3/c1-3-4-5-8-11-16-12-15-17-13-9-6-7-10-14(13)18(15)2/h6-7,9-10,12H,3-5,8,11H2,1-2H3. The number of nitrogens with zero attached hydrogens (tertiary/aromatic N) is 3. The van der Waals surface area contributed by atoms with Gasteiger partial charge in [-0.1, -0.05) is 38.3 Å². The zero-order chi connectivity index (χ0) is 12.8. The highest BCUT2D eigenvalue weighted by Gasteiger charge is 2.03. The number of aliphatic imine (C=N–C) groups is 1. The van der Waals surface area contributed by atoms with Crippen molar-refractivity contribution in [3.63, 3.8) is 0 Å². The van der Waals surface area contributed by atoms with Gasteiger partial charge in [-0.05, 0) is 18.6 Å². The molecular weight excluding hydrogens is 222 g/mol. The van der Waals surface area contributed by atoms with Gasteiger partial charge in [-0.3, -0.25) is 4.99 Å². The van der Waals surface area contributed by atoms with Crippen molar-refractivity contribution in [2.75, 3.05) is 6.54 Å². The molecule has 1 heterocycles. The number of aryl methyl sites for hydroxylation is 1. The molecule has 0 atom stereocenters. The van der Waals surface area contributed by atoms with Crippen LogP contribution in [0, 0.1) is 0 Å². The Labute approximate surface area is 109 Å². The van der Waals surface area contributed by atoms with E-state index in [1.54, 1.807) is 0 Å². The molecule has 0 spiro atoms. The molecule has 1 aromatic heterocycles. The van der Waals surface area contributed by atoms with Gasteiger partial charge >= 0.3 is 0 Å². The van der Waals surface area contributed by atoms with Gasteiger partial charge in [0.25, 0.3) is 0 Å². The highest BCUT2D eigenvalue weighted by atomic mass is 15.1. The van der Waals surface area contributed by atoms with Crippen LogP contribution in [-0.4, -0.2) is 22.3 Å². The van der Waals surface area contributed by atoms with Crippen LogP contribution >= 0.6 is 0 Å². The van der Waals surface area contributed by atoms with Gasteiger partial charge in [0.1, 0.15) is 0 Å². The topological polar surface area (TPSA) is 30.2 Å². The third kappa shape index (κ3) is 2.97. The molecule has 0 saturated carbocycles. The number of rotatable bonds is 6. The summed E-state index contributed by atoms with van der Waals surface area (Å²) in [5.74, 6) is 0.937. The monoisotopic (exact) mass is 243 g/mol. The molecule has 0 aliphatic carbocycles. The van der Waals surface area contributed by atoms with Crippen molar-refractivity contribution < 1.29 is 0 Å². The second kappa shape index (κ2) is 6.34. The number of imidazole rings is 1. The summed E-state index contributed by atoms with van der Waals surface area (Å²) >= 11 is 0. The van der Waals surface area contributed by atoms with Gasteiger partial charge in [0, 0.05) is 13.6 Å². The van der Waals surface area contributed by atoms with E-state index >= 15 is 0 Å². The molecule has 18 heavy (non-hydrogen) atoms. The van der Waals surface area contributed by atoms with E-state index in [-0.39, 0.29) is 0 Å². The van der Waals surface area contributed by atoms with Gasteiger partial charge in [-0.15, -0.1) is 0 Å². The first-order valence-electron chi connectivity index (χ1n) is 6.74. The Morgan fingerprint density at radius 2 is 2.06 bits per heavy atom. The van der Waals surface area contributed by atoms with Gasteiger partial charge in [-0.2, -0.15) is 0 Å². The number of unbranched alkanes of at least 4 members (excludes halogenated alkanes) is 3. The van der Waals surface area contributed by atoms with Crippen LogP contribution in [-0.2, 0) is 7.05 Å². The number of hydrogen-bond donors (Lipinski definition) is 0. The van der Waals surface area contributed by atoms with Crippen LogP contribution < -0.4 is 0 Å². The molecule has 0 bridgehead atoms. The Morgan fingerprint density at radius 1 is 1.22 bits per heavy atom. The van der Waals surface area contributed by atoms with Crippen LogP contribution in [0.1, 0.15) is 38.4 Å². The summed E-state index contributed by atoms with van der Waals surface area (Å²) in [6.07, 6.45) is 6.92. The first-order chi connectivity index (χ1) is 8.83. The van der Waals surface area contributed by atoms with Gasteiger partial charge in [0.15, 0.2) is 5.82 Å². The van der Waals surface area contributed by atoms with Gasteiger partial charge in [-0.25, -0.2) is 4.98 Å². The third-order valence-corrected chi connectivity index (χ3v) is 3.17. The number of benzene rings is 1. The summed E-state index contributed by atoms with van der Waals surface area (Å²) < 4.78 is 2.09. The summed E-state index contributed by atoms with van der Waals surface area (Å²) in [6.45, 7) is 3.13. The van der Waals surface area contributed by atoms with Gasteiger partial charge in [0.05, 0.1) is 17.2 Å². The van der Waals surface area contributed by atoms with E-state index in [1.165, 1.54) is 25.7 Å². The largest absolute Gasteiger partial charge is 0.326 e. The number of hydrogen-bond acceptors (Lipinski definition) is 2. The SMILES string of the molecule is CCCCCCN=Cc1nc2ccccc2n1C. The highest BCUT2D eigenvalue weighted by Crippen LogP contribution is 2.12. The van der Waals surface area contributed by atoms with E-state index in [1.807, 2.05) is 31.5 Å². The number of fused-ring (bicyclic) bond motifs is 1. The molecule has 0 unspecified atom stereocenters. The molecule has 0 aliphatic heterocycles. The summed E-state index contributed by atoms with van der Waals surface area (Å²) in [5, 5.41) is 0. The van der Waals surface area contributed by atoms with Gasteiger partial charge < -0.3 is 4.57 Å². The smallest absolute Gasteiger partial charge is 0.151 e. The predicted molar refractivity (Wildman–Crippen MR) is 77.3 cm³/mol. The molecule has 1 aromatic carbocycles. The lowest BCUT2D eigenvalue weighted by molar-refractivity contribution is 0.675. The third-order valence-electron chi connectivity index (χ3n) is 3.17. The fourth-order valence-corrected chi connectivity index (χ4v) is 2.06.